The number of rotatable bonds is 10. The maximum atomic E-state index is 14.6. The number of alkyl halides is 3. The second-order valence-corrected chi connectivity index (χ2v) is 11.8. The van der Waals surface area contributed by atoms with Crippen molar-refractivity contribution in [3.63, 3.8) is 0 Å². The van der Waals surface area contributed by atoms with Gasteiger partial charge in [0.15, 0.2) is 23.3 Å². The van der Waals surface area contributed by atoms with Crippen LogP contribution in [-0.2, 0) is 15.8 Å². The van der Waals surface area contributed by atoms with Crippen molar-refractivity contribution in [1.29, 1.82) is 0 Å². The Labute approximate surface area is 290 Å². The Morgan fingerprint density at radius 1 is 0.647 bits per heavy atom. The zero-order chi connectivity index (χ0) is 36.7. The van der Waals surface area contributed by atoms with Crippen LogP contribution in [0, 0.1) is 23.3 Å². The summed E-state index contributed by atoms with van der Waals surface area (Å²) in [4.78, 5) is 39.9. The number of benzene rings is 5. The smallest absolute Gasteiger partial charge is 0.321 e. The van der Waals surface area contributed by atoms with Crippen molar-refractivity contribution in [3.8, 4) is 0 Å². The molecular formula is C37H24F7N3O3S. The number of hydrogen-bond acceptors (Lipinski definition) is 4. The lowest BCUT2D eigenvalue weighted by Crippen LogP contribution is -2.30. The summed E-state index contributed by atoms with van der Waals surface area (Å²) >= 11 is 0.833. The lowest BCUT2D eigenvalue weighted by atomic mass is 10.1. The van der Waals surface area contributed by atoms with E-state index >= 15 is 0 Å². The van der Waals surface area contributed by atoms with E-state index in [1.807, 2.05) is 0 Å². The molecule has 260 valence electrons. The van der Waals surface area contributed by atoms with Gasteiger partial charge in [-0.25, -0.2) is 17.6 Å². The molecule has 0 saturated carbocycles. The first-order chi connectivity index (χ1) is 24.3. The molecule has 0 saturated heterocycles. The number of nitrogens with one attached hydrogen (secondary N) is 3. The van der Waals surface area contributed by atoms with E-state index < -0.39 is 63.7 Å². The number of halogens is 7. The average molecular weight is 724 g/mol. The minimum Gasteiger partial charge on any atom is -0.321 e. The van der Waals surface area contributed by atoms with Crippen molar-refractivity contribution >= 4 is 46.9 Å². The fourth-order valence-electron chi connectivity index (χ4n) is 4.69. The monoisotopic (exact) mass is 723 g/mol. The van der Waals surface area contributed by atoms with Crippen LogP contribution in [0.25, 0.3) is 6.08 Å². The van der Waals surface area contributed by atoms with Gasteiger partial charge in [-0.3, -0.25) is 14.4 Å². The predicted octanol–water partition coefficient (Wildman–Crippen LogP) is 9.14. The molecular weight excluding hydrogens is 699 g/mol. The summed E-state index contributed by atoms with van der Waals surface area (Å²) in [6.07, 6.45) is -4.26. The van der Waals surface area contributed by atoms with Gasteiger partial charge in [0.2, 0.25) is 5.91 Å². The lowest BCUT2D eigenvalue weighted by Gasteiger charge is -2.19. The zero-order valence-corrected chi connectivity index (χ0v) is 26.7. The Bertz CT molecular complexity index is 2050. The minimum atomic E-state index is -5.75. The average Bonchev–Trinajstić information content (AvgIpc) is 3.12. The van der Waals surface area contributed by atoms with E-state index in [0.717, 1.165) is 11.8 Å². The predicted molar refractivity (Wildman–Crippen MR) is 178 cm³/mol. The Morgan fingerprint density at radius 3 is 1.73 bits per heavy atom. The van der Waals surface area contributed by atoms with Gasteiger partial charge in [0.25, 0.3) is 11.8 Å². The molecule has 1 atom stereocenters. The maximum absolute atomic E-state index is 14.6. The molecule has 1 unspecified atom stereocenters. The molecule has 0 heterocycles. The summed E-state index contributed by atoms with van der Waals surface area (Å²) in [5, 5.41) is 5.67. The summed E-state index contributed by atoms with van der Waals surface area (Å²) in [7, 11) is 0. The first-order valence-corrected chi connectivity index (χ1v) is 15.7. The van der Waals surface area contributed by atoms with Gasteiger partial charge >= 0.3 is 6.18 Å². The van der Waals surface area contributed by atoms with Crippen LogP contribution >= 0.6 is 11.8 Å². The van der Waals surface area contributed by atoms with Crippen LogP contribution in [0.1, 0.15) is 32.3 Å². The topological polar surface area (TPSA) is 87.3 Å². The number of amides is 3. The standard InChI is InChI=1S/C37H24F7N3O3S/c38-28-27(37(42,43)44)29(39)31(41)32(30(28)40)47-36(50)33(22-12-6-2-7-13-22)51-25-18-16-24(17-19-25)45-35(49)26(20-21-10-4-1-5-11-21)46-34(48)23-14-8-3-9-15-23/h1-20,33H,(H,45,49)(H,46,48)(H,47,50)/b26-20-. The number of carbonyl (C=O) groups is 3. The molecule has 5 aromatic rings. The second kappa shape index (κ2) is 15.8. The van der Waals surface area contributed by atoms with Gasteiger partial charge < -0.3 is 16.0 Å². The normalized spacial score (nSPS) is 12.2. The first-order valence-electron chi connectivity index (χ1n) is 14.8. The fourth-order valence-corrected chi connectivity index (χ4v) is 5.71. The molecule has 0 aliphatic heterocycles. The molecule has 0 bridgehead atoms. The molecule has 0 aliphatic rings. The summed E-state index contributed by atoms with van der Waals surface area (Å²) in [5.41, 5.74) is -3.05. The third-order valence-electron chi connectivity index (χ3n) is 7.14. The number of thioether (sulfide) groups is 1. The highest BCUT2D eigenvalue weighted by molar-refractivity contribution is 8.00. The molecule has 6 nitrogen and oxygen atoms in total. The molecule has 0 radical (unpaired) electrons. The minimum absolute atomic E-state index is 0.0649. The first kappa shape index (κ1) is 36.4. The zero-order valence-electron chi connectivity index (χ0n) is 25.9. The van der Waals surface area contributed by atoms with E-state index in [9.17, 15) is 45.1 Å². The highest BCUT2D eigenvalue weighted by atomic mass is 32.2. The molecule has 0 fully saturated rings. The van der Waals surface area contributed by atoms with Crippen LogP contribution < -0.4 is 16.0 Å². The van der Waals surface area contributed by atoms with Gasteiger partial charge in [0.05, 0.1) is 0 Å². The van der Waals surface area contributed by atoms with Gasteiger partial charge in [0, 0.05) is 16.1 Å². The van der Waals surface area contributed by atoms with Crippen LogP contribution in [0.2, 0.25) is 0 Å². The van der Waals surface area contributed by atoms with Crippen molar-refractivity contribution in [2.75, 3.05) is 10.6 Å². The third-order valence-corrected chi connectivity index (χ3v) is 8.41. The van der Waals surface area contributed by atoms with Crippen LogP contribution in [-0.4, -0.2) is 17.7 Å². The van der Waals surface area contributed by atoms with Crippen LogP contribution in [0.4, 0.5) is 42.1 Å². The Kier molecular flexibility index (Phi) is 11.2. The molecule has 3 amide bonds. The summed E-state index contributed by atoms with van der Waals surface area (Å²) in [6.45, 7) is 0. The van der Waals surface area contributed by atoms with Crippen molar-refractivity contribution in [3.05, 3.63) is 166 Å². The van der Waals surface area contributed by atoms with Crippen molar-refractivity contribution < 1.29 is 45.1 Å². The van der Waals surface area contributed by atoms with Crippen molar-refractivity contribution in [2.24, 2.45) is 0 Å². The van der Waals surface area contributed by atoms with Gasteiger partial charge in [-0.2, -0.15) is 13.2 Å². The van der Waals surface area contributed by atoms with Gasteiger partial charge in [-0.15, -0.1) is 11.8 Å². The maximum Gasteiger partial charge on any atom is 0.422 e. The lowest BCUT2D eigenvalue weighted by molar-refractivity contribution is -0.143. The van der Waals surface area contributed by atoms with Crippen molar-refractivity contribution in [1.82, 2.24) is 5.32 Å². The van der Waals surface area contributed by atoms with E-state index in [2.05, 4.69) is 10.6 Å². The van der Waals surface area contributed by atoms with E-state index in [1.54, 1.807) is 84.2 Å². The molecule has 0 aliphatic carbocycles. The van der Waals surface area contributed by atoms with E-state index in [0.29, 0.717) is 16.0 Å². The SMILES string of the molecule is O=C(Nc1ccc(SC(C(=O)Nc2c(F)c(F)c(C(F)(F)F)c(F)c2F)c2ccccc2)cc1)/C(=C/c1ccccc1)NC(=O)c1ccccc1. The summed E-state index contributed by atoms with van der Waals surface area (Å²) in [6, 6.07) is 30.6. The van der Waals surface area contributed by atoms with E-state index in [1.165, 1.54) is 42.5 Å². The molecule has 0 aromatic heterocycles. The van der Waals surface area contributed by atoms with Crippen LogP contribution in [0.15, 0.2) is 126 Å². The van der Waals surface area contributed by atoms with Gasteiger partial charge in [-0.1, -0.05) is 78.9 Å². The molecule has 0 spiro atoms. The summed E-state index contributed by atoms with van der Waals surface area (Å²) in [5.74, 6) is -12.7. The largest absolute Gasteiger partial charge is 0.422 e. The summed E-state index contributed by atoms with van der Waals surface area (Å²) < 4.78 is 96.8. The molecule has 51 heavy (non-hydrogen) atoms. The van der Waals surface area contributed by atoms with Crippen LogP contribution in [0.3, 0.4) is 0 Å². The number of carbonyl (C=O) groups excluding carboxylic acids is 3. The van der Waals surface area contributed by atoms with Gasteiger partial charge in [-0.05, 0) is 53.6 Å². The van der Waals surface area contributed by atoms with Gasteiger partial charge in [0.1, 0.15) is 22.2 Å². The number of anilines is 2. The Morgan fingerprint density at radius 2 is 1.18 bits per heavy atom. The molecule has 3 N–H and O–H groups in total. The Hall–Kier alpha value is -5.89. The van der Waals surface area contributed by atoms with E-state index in [-0.39, 0.29) is 16.9 Å². The quantitative estimate of drug-likeness (QED) is 0.0581. The van der Waals surface area contributed by atoms with Crippen LogP contribution in [0.5, 0.6) is 0 Å². The van der Waals surface area contributed by atoms with Crippen molar-refractivity contribution in [2.45, 2.75) is 16.3 Å². The fraction of sp³-hybridized carbons (Fsp3) is 0.0541. The highest BCUT2D eigenvalue weighted by Crippen LogP contribution is 2.40. The number of hydrogen-bond donors (Lipinski definition) is 3. The van der Waals surface area contributed by atoms with E-state index in [4.69, 9.17) is 0 Å². The molecule has 5 aromatic carbocycles. The molecule has 14 heteroatoms. The highest BCUT2D eigenvalue weighted by Gasteiger charge is 2.43. The second-order valence-electron chi connectivity index (χ2n) is 10.7. The third kappa shape index (κ3) is 8.83. The molecule has 5 rings (SSSR count). The Balaban J connectivity index is 1.36.